The van der Waals surface area contributed by atoms with Crippen LogP contribution >= 0.6 is 0 Å². The number of aryl methyl sites for hydroxylation is 3. The molecule has 2 aliphatic heterocycles. The molecule has 0 amide bonds. The smallest absolute Gasteiger partial charge is 0.134 e. The van der Waals surface area contributed by atoms with Gasteiger partial charge in [0, 0.05) is 22.5 Å². The Balaban J connectivity index is 1.61. The van der Waals surface area contributed by atoms with Crippen LogP contribution in [0.1, 0.15) is 77.7 Å². The molecule has 3 aliphatic rings. The number of fused-ring (bicyclic) bond motifs is 3. The number of benzene rings is 4. The van der Waals surface area contributed by atoms with Crippen LogP contribution in [0.4, 0.5) is 5.69 Å². The standard InChI is InChI=1S/C37H38N2/c1-25-15-8-13-24-33(25)38-28(4)35-31-22-11-12-23-32(31)37(30-20-9-10-21-30,29-18-6-5-7-19-29)39(35)36(38)34-26(2)16-14-17-27(34)3/h5-8,11-19,22-24,30,36H,9-10,20-21H2,1-4H3. The van der Waals surface area contributed by atoms with Gasteiger partial charge in [0.05, 0.1) is 11.2 Å². The van der Waals surface area contributed by atoms with Gasteiger partial charge in [0.2, 0.25) is 0 Å². The third kappa shape index (κ3) is 3.33. The lowest BCUT2D eigenvalue weighted by molar-refractivity contribution is 0.106. The van der Waals surface area contributed by atoms with E-state index < -0.39 is 0 Å². The lowest BCUT2D eigenvalue weighted by Gasteiger charge is -2.49. The molecule has 4 aromatic carbocycles. The fraction of sp³-hybridized carbons (Fsp3) is 0.297. The van der Waals surface area contributed by atoms with E-state index in [0.29, 0.717) is 5.92 Å². The molecule has 0 spiro atoms. The largest absolute Gasteiger partial charge is 0.331 e. The Morgan fingerprint density at radius 2 is 1.26 bits per heavy atom. The molecule has 0 saturated heterocycles. The molecule has 196 valence electrons. The Hall–Kier alpha value is -3.78. The van der Waals surface area contributed by atoms with E-state index in [2.05, 4.69) is 135 Å². The molecule has 1 aliphatic carbocycles. The summed E-state index contributed by atoms with van der Waals surface area (Å²) in [5, 5.41) is 0. The first kappa shape index (κ1) is 24.3. The van der Waals surface area contributed by atoms with Gasteiger partial charge in [-0.2, -0.15) is 0 Å². The molecule has 2 heteroatoms. The first-order valence-electron chi connectivity index (χ1n) is 14.6. The summed E-state index contributed by atoms with van der Waals surface area (Å²) in [6, 6.07) is 36.5. The highest BCUT2D eigenvalue weighted by molar-refractivity contribution is 5.85. The Bertz CT molecular complexity index is 1560. The molecule has 39 heavy (non-hydrogen) atoms. The number of hydrogen-bond acceptors (Lipinski definition) is 2. The zero-order chi connectivity index (χ0) is 26.7. The van der Waals surface area contributed by atoms with Crippen LogP contribution in [0.15, 0.2) is 103 Å². The SMILES string of the molecule is CC1=C2c3ccccc3C(c3ccccc3)(C3CCCC3)N2C(c2c(C)cccc2C)N1c1ccccc1C. The van der Waals surface area contributed by atoms with E-state index in [1.165, 1.54) is 81.7 Å². The van der Waals surface area contributed by atoms with Crippen molar-refractivity contribution in [1.82, 2.24) is 4.90 Å². The van der Waals surface area contributed by atoms with Crippen LogP contribution in [-0.4, -0.2) is 4.90 Å². The maximum atomic E-state index is 2.88. The third-order valence-corrected chi connectivity index (χ3v) is 9.74. The Morgan fingerprint density at radius 3 is 1.97 bits per heavy atom. The summed E-state index contributed by atoms with van der Waals surface area (Å²) >= 11 is 0. The van der Waals surface area contributed by atoms with Crippen LogP contribution < -0.4 is 4.90 Å². The maximum Gasteiger partial charge on any atom is 0.134 e. The zero-order valence-electron chi connectivity index (χ0n) is 23.6. The zero-order valence-corrected chi connectivity index (χ0v) is 23.6. The summed E-state index contributed by atoms with van der Waals surface area (Å²) in [7, 11) is 0. The minimum absolute atomic E-state index is 0.0653. The number of hydrogen-bond donors (Lipinski definition) is 0. The Labute approximate surface area is 233 Å². The minimum atomic E-state index is -0.220. The van der Waals surface area contributed by atoms with E-state index >= 15 is 0 Å². The van der Waals surface area contributed by atoms with Crippen LogP contribution in [0, 0.1) is 26.7 Å². The van der Waals surface area contributed by atoms with Crippen LogP contribution in [0.3, 0.4) is 0 Å². The highest BCUT2D eigenvalue weighted by Crippen LogP contribution is 2.64. The van der Waals surface area contributed by atoms with Gasteiger partial charge in [-0.05, 0) is 80.3 Å². The maximum absolute atomic E-state index is 2.88. The van der Waals surface area contributed by atoms with Gasteiger partial charge in [0.15, 0.2) is 0 Å². The molecule has 2 unspecified atom stereocenters. The lowest BCUT2D eigenvalue weighted by Crippen LogP contribution is -2.50. The molecule has 2 heterocycles. The van der Waals surface area contributed by atoms with E-state index in [4.69, 9.17) is 0 Å². The highest BCUT2D eigenvalue weighted by Gasteiger charge is 2.60. The van der Waals surface area contributed by atoms with Crippen molar-refractivity contribution < 1.29 is 0 Å². The molecule has 4 aromatic rings. The minimum Gasteiger partial charge on any atom is -0.331 e. The molecule has 2 atom stereocenters. The second-order valence-electron chi connectivity index (χ2n) is 11.8. The molecule has 1 fully saturated rings. The second kappa shape index (κ2) is 9.16. The number of para-hydroxylation sites is 1. The molecule has 0 radical (unpaired) electrons. The average molecular weight is 511 g/mol. The number of nitrogens with zero attached hydrogens (tertiary/aromatic N) is 2. The summed E-state index contributed by atoms with van der Waals surface area (Å²) in [5.41, 5.74) is 13.6. The van der Waals surface area contributed by atoms with Gasteiger partial charge < -0.3 is 9.80 Å². The van der Waals surface area contributed by atoms with Crippen molar-refractivity contribution in [2.24, 2.45) is 5.92 Å². The fourth-order valence-corrected chi connectivity index (χ4v) is 8.18. The molecule has 2 nitrogen and oxygen atoms in total. The molecule has 0 aromatic heterocycles. The quantitative estimate of drug-likeness (QED) is 0.270. The normalized spacial score (nSPS) is 22.5. The Morgan fingerprint density at radius 1 is 0.641 bits per heavy atom. The van der Waals surface area contributed by atoms with Crippen LogP contribution in [0.5, 0.6) is 0 Å². The molecule has 0 bridgehead atoms. The van der Waals surface area contributed by atoms with Gasteiger partial charge >= 0.3 is 0 Å². The lowest BCUT2D eigenvalue weighted by atomic mass is 9.71. The van der Waals surface area contributed by atoms with Gasteiger partial charge in [0.25, 0.3) is 0 Å². The first-order chi connectivity index (χ1) is 19.0. The van der Waals surface area contributed by atoms with Crippen molar-refractivity contribution >= 4 is 11.4 Å². The average Bonchev–Trinajstić information content (AvgIpc) is 3.65. The van der Waals surface area contributed by atoms with Crippen molar-refractivity contribution in [3.8, 4) is 0 Å². The van der Waals surface area contributed by atoms with Gasteiger partial charge in [0.1, 0.15) is 6.17 Å². The second-order valence-corrected chi connectivity index (χ2v) is 11.8. The monoisotopic (exact) mass is 510 g/mol. The summed E-state index contributed by atoms with van der Waals surface area (Å²) in [5.74, 6) is 0.551. The van der Waals surface area contributed by atoms with Crippen LogP contribution in [-0.2, 0) is 5.54 Å². The molecular weight excluding hydrogens is 472 g/mol. The van der Waals surface area contributed by atoms with Crippen LogP contribution in [0.25, 0.3) is 5.70 Å². The van der Waals surface area contributed by atoms with Gasteiger partial charge in [-0.1, -0.05) is 104 Å². The van der Waals surface area contributed by atoms with Crippen molar-refractivity contribution in [2.75, 3.05) is 4.90 Å². The third-order valence-electron chi connectivity index (χ3n) is 9.74. The molecular formula is C37H38N2. The summed E-state index contributed by atoms with van der Waals surface area (Å²) < 4.78 is 0. The van der Waals surface area contributed by atoms with E-state index in [9.17, 15) is 0 Å². The van der Waals surface area contributed by atoms with Crippen molar-refractivity contribution in [1.29, 1.82) is 0 Å². The van der Waals surface area contributed by atoms with Gasteiger partial charge in [-0.15, -0.1) is 0 Å². The predicted octanol–water partition coefficient (Wildman–Crippen LogP) is 9.27. The van der Waals surface area contributed by atoms with Crippen molar-refractivity contribution in [3.63, 3.8) is 0 Å². The summed E-state index contributed by atoms with van der Waals surface area (Å²) in [4.78, 5) is 5.53. The first-order valence-corrected chi connectivity index (χ1v) is 14.6. The summed E-state index contributed by atoms with van der Waals surface area (Å²) in [6.07, 6.45) is 5.20. The Kier molecular flexibility index (Phi) is 5.70. The van der Waals surface area contributed by atoms with Crippen molar-refractivity contribution in [2.45, 2.75) is 65.1 Å². The fourth-order valence-electron chi connectivity index (χ4n) is 8.18. The molecule has 7 rings (SSSR count). The van der Waals surface area contributed by atoms with E-state index in [1.807, 2.05) is 0 Å². The van der Waals surface area contributed by atoms with Crippen LogP contribution in [0.2, 0.25) is 0 Å². The van der Waals surface area contributed by atoms with Gasteiger partial charge in [-0.3, -0.25) is 0 Å². The van der Waals surface area contributed by atoms with Crippen molar-refractivity contribution in [3.05, 3.63) is 142 Å². The molecule has 0 N–H and O–H groups in total. The highest BCUT2D eigenvalue weighted by atomic mass is 15.5. The topological polar surface area (TPSA) is 6.48 Å². The number of anilines is 1. The summed E-state index contributed by atoms with van der Waals surface area (Å²) in [6.45, 7) is 9.21. The molecule has 1 saturated carbocycles. The number of rotatable bonds is 4. The number of allylic oxidation sites excluding steroid dienone is 1. The van der Waals surface area contributed by atoms with Gasteiger partial charge in [-0.25, -0.2) is 0 Å². The van der Waals surface area contributed by atoms with E-state index in [1.54, 1.807) is 0 Å². The van der Waals surface area contributed by atoms with E-state index in [0.717, 1.165) is 0 Å². The predicted molar refractivity (Wildman–Crippen MR) is 162 cm³/mol. The van der Waals surface area contributed by atoms with E-state index in [-0.39, 0.29) is 11.7 Å².